The lowest BCUT2D eigenvalue weighted by molar-refractivity contribution is 0.0988. The molecule has 0 radical (unpaired) electrons. The van der Waals surface area contributed by atoms with Crippen LogP contribution >= 0.6 is 11.3 Å². The standard InChI is InChI=1S/C16H19NOS/c1-3-12-9-10-19-16(12)11-17-14-7-5-13(6-8-14)15(18)4-2/h5-10,17H,3-4,11H2,1-2H3. The molecule has 3 heteroatoms. The monoisotopic (exact) mass is 273 g/mol. The summed E-state index contributed by atoms with van der Waals surface area (Å²) in [4.78, 5) is 12.9. The first-order chi connectivity index (χ1) is 9.24. The molecule has 2 nitrogen and oxygen atoms in total. The van der Waals surface area contributed by atoms with Crippen molar-refractivity contribution < 1.29 is 4.79 Å². The fourth-order valence-corrected chi connectivity index (χ4v) is 2.91. The van der Waals surface area contributed by atoms with E-state index >= 15 is 0 Å². The van der Waals surface area contributed by atoms with Gasteiger partial charge < -0.3 is 5.32 Å². The lowest BCUT2D eigenvalue weighted by atomic mass is 10.1. The van der Waals surface area contributed by atoms with Crippen molar-refractivity contribution in [3.63, 3.8) is 0 Å². The highest BCUT2D eigenvalue weighted by Gasteiger charge is 2.04. The van der Waals surface area contributed by atoms with Crippen LogP contribution in [0, 0.1) is 0 Å². The number of aryl methyl sites for hydroxylation is 1. The fourth-order valence-electron chi connectivity index (χ4n) is 2.00. The summed E-state index contributed by atoms with van der Waals surface area (Å²) in [6.45, 7) is 4.91. The number of carbonyl (C=O) groups excluding carboxylic acids is 1. The van der Waals surface area contributed by atoms with E-state index in [9.17, 15) is 4.79 Å². The maximum atomic E-state index is 11.5. The van der Waals surface area contributed by atoms with Crippen molar-refractivity contribution in [3.05, 3.63) is 51.7 Å². The quantitative estimate of drug-likeness (QED) is 0.784. The number of ketones is 1. The smallest absolute Gasteiger partial charge is 0.162 e. The molecule has 0 saturated carbocycles. The Morgan fingerprint density at radius 2 is 1.89 bits per heavy atom. The molecule has 0 saturated heterocycles. The van der Waals surface area contributed by atoms with Crippen LogP contribution in [-0.4, -0.2) is 5.78 Å². The summed E-state index contributed by atoms with van der Waals surface area (Å²) < 4.78 is 0. The predicted octanol–water partition coefficient (Wildman–Crippen LogP) is 4.52. The highest BCUT2D eigenvalue weighted by atomic mass is 32.1. The van der Waals surface area contributed by atoms with Crippen LogP contribution in [0.5, 0.6) is 0 Å². The van der Waals surface area contributed by atoms with Gasteiger partial charge in [-0.15, -0.1) is 11.3 Å². The van der Waals surface area contributed by atoms with Crippen molar-refractivity contribution in [2.45, 2.75) is 33.2 Å². The van der Waals surface area contributed by atoms with Gasteiger partial charge in [-0.25, -0.2) is 0 Å². The molecule has 2 rings (SSSR count). The summed E-state index contributed by atoms with van der Waals surface area (Å²) >= 11 is 1.79. The zero-order valence-electron chi connectivity index (χ0n) is 11.4. The zero-order chi connectivity index (χ0) is 13.7. The van der Waals surface area contributed by atoms with Gasteiger partial charge in [0.1, 0.15) is 0 Å². The molecular formula is C16H19NOS. The molecule has 1 N–H and O–H groups in total. The van der Waals surface area contributed by atoms with E-state index in [2.05, 4.69) is 23.7 Å². The molecule has 0 aliphatic carbocycles. The summed E-state index contributed by atoms with van der Waals surface area (Å²) in [6, 6.07) is 9.92. The molecule has 0 aliphatic rings. The number of Topliss-reactive ketones (excluding diaryl/α,β-unsaturated/α-hetero) is 1. The van der Waals surface area contributed by atoms with Crippen molar-refractivity contribution >= 4 is 22.8 Å². The zero-order valence-corrected chi connectivity index (χ0v) is 12.2. The second kappa shape index (κ2) is 6.53. The normalized spacial score (nSPS) is 10.4. The number of benzene rings is 1. The number of hydrogen-bond donors (Lipinski definition) is 1. The first-order valence-corrected chi connectivity index (χ1v) is 7.55. The molecule has 0 fully saturated rings. The van der Waals surface area contributed by atoms with Gasteiger partial charge in [0.25, 0.3) is 0 Å². The Morgan fingerprint density at radius 1 is 1.16 bits per heavy atom. The van der Waals surface area contributed by atoms with Gasteiger partial charge in [0, 0.05) is 29.1 Å². The van der Waals surface area contributed by atoms with Gasteiger partial charge in [-0.1, -0.05) is 13.8 Å². The van der Waals surface area contributed by atoms with Crippen LogP contribution in [0.3, 0.4) is 0 Å². The van der Waals surface area contributed by atoms with Crippen molar-refractivity contribution in [2.24, 2.45) is 0 Å². The molecule has 0 atom stereocenters. The minimum atomic E-state index is 0.193. The first-order valence-electron chi connectivity index (χ1n) is 6.67. The van der Waals surface area contributed by atoms with E-state index in [0.717, 1.165) is 24.2 Å². The van der Waals surface area contributed by atoms with Crippen LogP contribution in [-0.2, 0) is 13.0 Å². The van der Waals surface area contributed by atoms with Crippen LogP contribution < -0.4 is 5.32 Å². The average molecular weight is 273 g/mol. The van der Waals surface area contributed by atoms with E-state index in [-0.39, 0.29) is 5.78 Å². The topological polar surface area (TPSA) is 29.1 Å². The van der Waals surface area contributed by atoms with Gasteiger partial charge >= 0.3 is 0 Å². The summed E-state index contributed by atoms with van der Waals surface area (Å²) in [5, 5.41) is 5.54. The second-order valence-corrected chi connectivity index (χ2v) is 5.43. The molecule has 0 aliphatic heterocycles. The largest absolute Gasteiger partial charge is 0.380 e. The number of hydrogen-bond acceptors (Lipinski definition) is 3. The van der Waals surface area contributed by atoms with Gasteiger partial charge in [-0.2, -0.15) is 0 Å². The molecule has 0 spiro atoms. The molecule has 1 aromatic heterocycles. The summed E-state index contributed by atoms with van der Waals surface area (Å²) in [6.07, 6.45) is 1.63. The van der Waals surface area contributed by atoms with Gasteiger partial charge in [0.2, 0.25) is 0 Å². The minimum Gasteiger partial charge on any atom is -0.380 e. The highest BCUT2D eigenvalue weighted by Crippen LogP contribution is 2.19. The number of thiophene rings is 1. The maximum Gasteiger partial charge on any atom is 0.162 e. The molecule has 0 amide bonds. The lowest BCUT2D eigenvalue weighted by Crippen LogP contribution is -2.01. The van der Waals surface area contributed by atoms with Crippen LogP contribution in [0.2, 0.25) is 0 Å². The summed E-state index contributed by atoms with van der Waals surface area (Å²) in [5.41, 5.74) is 3.26. The number of anilines is 1. The Balaban J connectivity index is 1.98. The third-order valence-electron chi connectivity index (χ3n) is 3.20. The Kier molecular flexibility index (Phi) is 4.74. The third-order valence-corrected chi connectivity index (χ3v) is 4.16. The predicted molar refractivity (Wildman–Crippen MR) is 82.1 cm³/mol. The average Bonchev–Trinajstić information content (AvgIpc) is 2.92. The maximum absolute atomic E-state index is 11.5. The molecule has 19 heavy (non-hydrogen) atoms. The number of nitrogens with one attached hydrogen (secondary N) is 1. The second-order valence-electron chi connectivity index (χ2n) is 4.43. The summed E-state index contributed by atoms with van der Waals surface area (Å²) in [7, 11) is 0. The van der Waals surface area contributed by atoms with E-state index in [1.165, 1.54) is 10.4 Å². The molecule has 2 aromatic rings. The van der Waals surface area contributed by atoms with Gasteiger partial charge in [-0.05, 0) is 47.7 Å². The van der Waals surface area contributed by atoms with E-state index in [0.29, 0.717) is 6.42 Å². The number of carbonyl (C=O) groups is 1. The van der Waals surface area contributed by atoms with Crippen LogP contribution in [0.1, 0.15) is 41.1 Å². The fraction of sp³-hybridized carbons (Fsp3) is 0.312. The minimum absolute atomic E-state index is 0.193. The Labute approximate surface area is 118 Å². The molecule has 1 heterocycles. The Hall–Kier alpha value is -1.61. The Morgan fingerprint density at radius 3 is 2.53 bits per heavy atom. The van der Waals surface area contributed by atoms with Crippen LogP contribution in [0.4, 0.5) is 5.69 Å². The van der Waals surface area contributed by atoms with E-state index in [1.807, 2.05) is 31.2 Å². The number of rotatable bonds is 6. The van der Waals surface area contributed by atoms with Crippen LogP contribution in [0.25, 0.3) is 0 Å². The molecular weight excluding hydrogens is 254 g/mol. The van der Waals surface area contributed by atoms with E-state index < -0.39 is 0 Å². The van der Waals surface area contributed by atoms with Crippen molar-refractivity contribution in [2.75, 3.05) is 5.32 Å². The van der Waals surface area contributed by atoms with Gasteiger partial charge in [-0.3, -0.25) is 4.79 Å². The van der Waals surface area contributed by atoms with Crippen LogP contribution in [0.15, 0.2) is 35.7 Å². The lowest BCUT2D eigenvalue weighted by Gasteiger charge is -2.07. The van der Waals surface area contributed by atoms with Crippen molar-refractivity contribution in [1.82, 2.24) is 0 Å². The molecule has 0 bridgehead atoms. The SMILES string of the molecule is CCC(=O)c1ccc(NCc2sccc2CC)cc1. The molecule has 0 unspecified atom stereocenters. The van der Waals surface area contributed by atoms with E-state index in [1.54, 1.807) is 11.3 Å². The first kappa shape index (κ1) is 13.8. The molecule has 1 aromatic carbocycles. The highest BCUT2D eigenvalue weighted by molar-refractivity contribution is 7.10. The van der Waals surface area contributed by atoms with Gasteiger partial charge in [0.05, 0.1) is 0 Å². The van der Waals surface area contributed by atoms with Crippen molar-refractivity contribution in [1.29, 1.82) is 0 Å². The summed E-state index contributed by atoms with van der Waals surface area (Å²) in [5.74, 6) is 0.193. The van der Waals surface area contributed by atoms with Gasteiger partial charge in [0.15, 0.2) is 5.78 Å². The molecule has 100 valence electrons. The van der Waals surface area contributed by atoms with Crippen molar-refractivity contribution in [3.8, 4) is 0 Å². The Bertz CT molecular complexity index is 542. The third kappa shape index (κ3) is 3.44. The van der Waals surface area contributed by atoms with E-state index in [4.69, 9.17) is 0 Å².